The van der Waals surface area contributed by atoms with E-state index in [1.54, 1.807) is 13.2 Å². The lowest BCUT2D eigenvalue weighted by atomic mass is 10.1. The molecule has 138 valence electrons. The number of hydrogen-bond acceptors (Lipinski definition) is 7. The van der Waals surface area contributed by atoms with E-state index in [9.17, 15) is 9.59 Å². The first-order valence-corrected chi connectivity index (χ1v) is 9.30. The minimum absolute atomic E-state index is 0.193. The first-order valence-electron chi connectivity index (χ1n) is 8.48. The van der Waals surface area contributed by atoms with Crippen LogP contribution in [0.1, 0.15) is 23.8 Å². The zero-order chi connectivity index (χ0) is 18.8. The maximum atomic E-state index is 12.3. The van der Waals surface area contributed by atoms with Gasteiger partial charge in [0, 0.05) is 17.5 Å². The summed E-state index contributed by atoms with van der Waals surface area (Å²) in [4.78, 5) is 24.3. The second-order valence-electron chi connectivity index (χ2n) is 6.21. The Morgan fingerprint density at radius 2 is 2.00 bits per heavy atom. The predicted octanol–water partition coefficient (Wildman–Crippen LogP) is 2.29. The average molecular weight is 383 g/mol. The summed E-state index contributed by atoms with van der Waals surface area (Å²) in [5, 5.41) is 16.4. The summed E-state index contributed by atoms with van der Waals surface area (Å²) in [5.74, 6) is 0.850. The third-order valence-corrected chi connectivity index (χ3v) is 5.16. The van der Waals surface area contributed by atoms with Crippen molar-refractivity contribution < 1.29 is 9.53 Å². The second-order valence-corrected chi connectivity index (χ2v) is 7.22. The predicted molar refractivity (Wildman–Crippen MR) is 101 cm³/mol. The summed E-state index contributed by atoms with van der Waals surface area (Å²) in [6.07, 6.45) is 2.25. The summed E-state index contributed by atoms with van der Waals surface area (Å²) in [7, 11) is 1.59. The van der Waals surface area contributed by atoms with Crippen molar-refractivity contribution in [3.05, 3.63) is 51.8 Å². The molecular weight excluding hydrogens is 366 g/mol. The maximum absolute atomic E-state index is 12.3. The van der Waals surface area contributed by atoms with Gasteiger partial charge in [0.05, 0.1) is 12.8 Å². The first-order chi connectivity index (χ1) is 13.1. The van der Waals surface area contributed by atoms with Crippen LogP contribution < -0.4 is 15.6 Å². The number of anilines is 1. The molecule has 0 aliphatic heterocycles. The number of ether oxygens (including phenoxy) is 1. The number of aromatic nitrogens is 4. The zero-order valence-corrected chi connectivity index (χ0v) is 15.4. The molecule has 8 nitrogen and oxygen atoms in total. The number of hydrogen-bond donors (Lipinski definition) is 1. The number of carbonyl (C=O) groups is 1. The molecule has 0 saturated heterocycles. The Bertz CT molecular complexity index is 1020. The molecule has 0 unspecified atom stereocenters. The minimum atomic E-state index is -0.366. The fraction of sp³-hybridized carbons (Fsp3) is 0.278. The van der Waals surface area contributed by atoms with E-state index < -0.39 is 0 Å². The molecule has 27 heavy (non-hydrogen) atoms. The van der Waals surface area contributed by atoms with Crippen LogP contribution in [0.2, 0.25) is 0 Å². The van der Waals surface area contributed by atoms with Crippen LogP contribution in [-0.2, 0) is 11.3 Å². The lowest BCUT2D eigenvalue weighted by Gasteiger charge is -2.07. The Kier molecular flexibility index (Phi) is 4.68. The van der Waals surface area contributed by atoms with E-state index in [4.69, 9.17) is 4.74 Å². The number of benzene rings is 1. The van der Waals surface area contributed by atoms with Gasteiger partial charge in [-0.2, -0.15) is 5.10 Å². The maximum Gasteiger partial charge on any atom is 0.267 e. The number of methoxy groups -OCH3 is 1. The summed E-state index contributed by atoms with van der Waals surface area (Å²) in [6.45, 7) is -0.193. The second kappa shape index (κ2) is 7.28. The molecule has 1 saturated carbocycles. The van der Waals surface area contributed by atoms with Crippen LogP contribution in [-0.4, -0.2) is 33.0 Å². The molecule has 2 aromatic heterocycles. The molecular formula is C18H17N5O3S. The van der Waals surface area contributed by atoms with E-state index in [2.05, 4.69) is 20.6 Å². The Labute approximate surface area is 158 Å². The standard InChI is InChI=1S/C18H17N5O3S/c1-26-13-6-4-11(5-7-13)14-8-9-16(25)23(22-14)10-15(24)19-18-21-20-17(27-18)12-2-3-12/h4-9,12H,2-3,10H2,1H3,(H,19,21,24). The lowest BCUT2D eigenvalue weighted by Crippen LogP contribution is -2.29. The van der Waals surface area contributed by atoms with Crippen LogP contribution in [0.4, 0.5) is 5.13 Å². The van der Waals surface area contributed by atoms with Crippen molar-refractivity contribution in [2.45, 2.75) is 25.3 Å². The van der Waals surface area contributed by atoms with Gasteiger partial charge in [-0.1, -0.05) is 11.3 Å². The molecule has 1 amide bonds. The number of amides is 1. The molecule has 1 fully saturated rings. The first kappa shape index (κ1) is 17.3. The highest BCUT2D eigenvalue weighted by Crippen LogP contribution is 2.42. The van der Waals surface area contributed by atoms with Crippen LogP contribution in [0, 0.1) is 0 Å². The smallest absolute Gasteiger partial charge is 0.267 e. The average Bonchev–Trinajstić information content (AvgIpc) is 3.43. The van der Waals surface area contributed by atoms with Crippen LogP contribution >= 0.6 is 11.3 Å². The number of nitrogens with zero attached hydrogens (tertiary/aromatic N) is 4. The third-order valence-electron chi connectivity index (χ3n) is 4.16. The van der Waals surface area contributed by atoms with Gasteiger partial charge in [-0.15, -0.1) is 10.2 Å². The molecule has 1 N–H and O–H groups in total. The van der Waals surface area contributed by atoms with E-state index in [0.717, 1.165) is 33.8 Å². The summed E-state index contributed by atoms with van der Waals surface area (Å²) >= 11 is 1.38. The number of nitrogens with one attached hydrogen (secondary N) is 1. The highest BCUT2D eigenvalue weighted by molar-refractivity contribution is 7.15. The summed E-state index contributed by atoms with van der Waals surface area (Å²) in [5.41, 5.74) is 1.07. The van der Waals surface area contributed by atoms with E-state index >= 15 is 0 Å². The van der Waals surface area contributed by atoms with Gasteiger partial charge >= 0.3 is 0 Å². The monoisotopic (exact) mass is 383 g/mol. The molecule has 2 heterocycles. The van der Waals surface area contributed by atoms with Crippen LogP contribution in [0.25, 0.3) is 11.3 Å². The molecule has 1 aliphatic rings. The van der Waals surface area contributed by atoms with Gasteiger partial charge < -0.3 is 4.74 Å². The lowest BCUT2D eigenvalue weighted by molar-refractivity contribution is -0.117. The van der Waals surface area contributed by atoms with Crippen LogP contribution in [0.5, 0.6) is 5.75 Å². The summed E-state index contributed by atoms with van der Waals surface area (Å²) < 4.78 is 6.28. The molecule has 1 aliphatic carbocycles. The van der Waals surface area contributed by atoms with Gasteiger partial charge in [0.2, 0.25) is 11.0 Å². The van der Waals surface area contributed by atoms with Gasteiger partial charge in [0.25, 0.3) is 5.56 Å². The Morgan fingerprint density at radius 3 is 2.70 bits per heavy atom. The molecule has 9 heteroatoms. The van der Waals surface area contributed by atoms with E-state index in [-0.39, 0.29) is 18.0 Å². The van der Waals surface area contributed by atoms with E-state index in [0.29, 0.717) is 16.7 Å². The van der Waals surface area contributed by atoms with Crippen molar-refractivity contribution >= 4 is 22.4 Å². The Hall–Kier alpha value is -3.07. The fourth-order valence-corrected chi connectivity index (χ4v) is 3.48. The normalized spacial score (nSPS) is 13.4. The van der Waals surface area contributed by atoms with Crippen LogP contribution in [0.15, 0.2) is 41.2 Å². The molecule has 0 spiro atoms. The zero-order valence-electron chi connectivity index (χ0n) is 14.6. The molecule has 1 aromatic carbocycles. The highest BCUT2D eigenvalue weighted by Gasteiger charge is 2.27. The Balaban J connectivity index is 1.48. The van der Waals surface area contributed by atoms with Crippen molar-refractivity contribution in [1.29, 1.82) is 0 Å². The van der Waals surface area contributed by atoms with E-state index in [1.165, 1.54) is 17.4 Å². The summed E-state index contributed by atoms with van der Waals surface area (Å²) in [6, 6.07) is 10.3. The van der Waals surface area contributed by atoms with Gasteiger partial charge in [0.1, 0.15) is 17.3 Å². The van der Waals surface area contributed by atoms with Crippen molar-refractivity contribution in [3.63, 3.8) is 0 Å². The van der Waals surface area contributed by atoms with Crippen LogP contribution in [0.3, 0.4) is 0 Å². The SMILES string of the molecule is COc1ccc(-c2ccc(=O)n(CC(=O)Nc3nnc(C4CC4)s3)n2)cc1. The molecule has 0 bridgehead atoms. The number of rotatable bonds is 6. The van der Waals surface area contributed by atoms with Crippen molar-refractivity contribution in [3.8, 4) is 17.0 Å². The Morgan fingerprint density at radius 1 is 1.22 bits per heavy atom. The highest BCUT2D eigenvalue weighted by atomic mass is 32.1. The van der Waals surface area contributed by atoms with Gasteiger partial charge in [-0.05, 0) is 43.2 Å². The largest absolute Gasteiger partial charge is 0.497 e. The van der Waals surface area contributed by atoms with Crippen molar-refractivity contribution in [2.75, 3.05) is 12.4 Å². The molecule has 0 atom stereocenters. The topological polar surface area (TPSA) is 99.0 Å². The molecule has 0 radical (unpaired) electrons. The molecule has 4 rings (SSSR count). The van der Waals surface area contributed by atoms with Crippen molar-refractivity contribution in [2.24, 2.45) is 0 Å². The van der Waals surface area contributed by atoms with E-state index in [1.807, 2.05) is 24.3 Å². The number of carbonyl (C=O) groups excluding carboxylic acids is 1. The van der Waals surface area contributed by atoms with Crippen molar-refractivity contribution in [1.82, 2.24) is 20.0 Å². The fourth-order valence-electron chi connectivity index (χ4n) is 2.55. The van der Waals surface area contributed by atoms with Gasteiger partial charge in [-0.3, -0.25) is 14.9 Å². The third kappa shape index (κ3) is 4.03. The quantitative estimate of drug-likeness (QED) is 0.701. The van der Waals surface area contributed by atoms with Gasteiger partial charge in [-0.25, -0.2) is 4.68 Å². The molecule has 3 aromatic rings. The minimum Gasteiger partial charge on any atom is -0.497 e. The van der Waals surface area contributed by atoms with Gasteiger partial charge in [0.15, 0.2) is 0 Å².